The zero-order valence-corrected chi connectivity index (χ0v) is 11.6. The number of thiophene rings is 1. The third-order valence-electron chi connectivity index (χ3n) is 3.03. The summed E-state index contributed by atoms with van der Waals surface area (Å²) in [5.74, 6) is -1.19. The van der Waals surface area contributed by atoms with Crippen LogP contribution in [-0.2, 0) is 0 Å². The van der Waals surface area contributed by atoms with Crippen LogP contribution in [0.1, 0.15) is 10.4 Å². The van der Waals surface area contributed by atoms with E-state index in [1.54, 1.807) is 0 Å². The van der Waals surface area contributed by atoms with E-state index in [9.17, 15) is 8.78 Å². The lowest BCUT2D eigenvalue weighted by molar-refractivity contribution is 0.427. The summed E-state index contributed by atoms with van der Waals surface area (Å²) in [6.45, 7) is 3.91. The van der Waals surface area contributed by atoms with Crippen molar-refractivity contribution in [2.75, 3.05) is 0 Å². The molecule has 0 amide bonds. The highest BCUT2D eigenvalue weighted by Crippen LogP contribution is 2.36. The van der Waals surface area contributed by atoms with Gasteiger partial charge in [0.1, 0.15) is 17.0 Å². The summed E-state index contributed by atoms with van der Waals surface area (Å²) >= 11 is 1.53. The van der Waals surface area contributed by atoms with E-state index in [2.05, 4.69) is 9.97 Å². The van der Waals surface area contributed by atoms with Crippen LogP contribution in [0.5, 0.6) is 11.6 Å². The number of aryl methyl sites for hydroxylation is 2. The van der Waals surface area contributed by atoms with Crippen LogP contribution in [0.15, 0.2) is 24.5 Å². The van der Waals surface area contributed by atoms with Crippen molar-refractivity contribution in [2.24, 2.45) is 0 Å². The van der Waals surface area contributed by atoms with E-state index in [0.29, 0.717) is 0 Å². The Hall–Kier alpha value is -2.08. The summed E-state index contributed by atoms with van der Waals surface area (Å²) in [7, 11) is 0. The Kier molecular flexibility index (Phi) is 3.10. The number of ether oxygens (including phenoxy) is 1. The number of benzene rings is 1. The number of halogens is 2. The van der Waals surface area contributed by atoms with Gasteiger partial charge in [0.2, 0.25) is 5.88 Å². The van der Waals surface area contributed by atoms with Gasteiger partial charge in [-0.1, -0.05) is 0 Å². The second-order valence-corrected chi connectivity index (χ2v) is 5.52. The van der Waals surface area contributed by atoms with Crippen LogP contribution in [0.25, 0.3) is 10.2 Å². The first-order chi connectivity index (χ1) is 9.56. The molecule has 3 nitrogen and oxygen atoms in total. The molecule has 0 unspecified atom stereocenters. The molecule has 2 aromatic heterocycles. The molecule has 0 aliphatic rings. The fraction of sp³-hybridized carbons (Fsp3) is 0.143. The Morgan fingerprint density at radius 1 is 1.15 bits per heavy atom. The summed E-state index contributed by atoms with van der Waals surface area (Å²) in [5, 5.41) is 0.763. The Bertz CT molecular complexity index is 801. The highest BCUT2D eigenvalue weighted by molar-refractivity contribution is 7.18. The fourth-order valence-corrected chi connectivity index (χ4v) is 2.88. The summed E-state index contributed by atoms with van der Waals surface area (Å²) in [6.07, 6.45) is 1.37. The van der Waals surface area contributed by atoms with Crippen molar-refractivity contribution >= 4 is 21.6 Å². The van der Waals surface area contributed by atoms with Crippen LogP contribution >= 0.6 is 11.3 Å². The maximum atomic E-state index is 13.6. The van der Waals surface area contributed by atoms with E-state index >= 15 is 0 Å². The Morgan fingerprint density at radius 2 is 1.95 bits per heavy atom. The van der Waals surface area contributed by atoms with Crippen LogP contribution in [-0.4, -0.2) is 9.97 Å². The molecule has 6 heteroatoms. The van der Waals surface area contributed by atoms with Gasteiger partial charge in [0, 0.05) is 10.9 Å². The van der Waals surface area contributed by atoms with Gasteiger partial charge in [-0.2, -0.15) is 0 Å². The summed E-state index contributed by atoms with van der Waals surface area (Å²) in [4.78, 5) is 10.1. The maximum absolute atomic E-state index is 13.6. The highest BCUT2D eigenvalue weighted by atomic mass is 32.1. The van der Waals surface area contributed by atoms with Gasteiger partial charge in [-0.05, 0) is 31.5 Å². The van der Waals surface area contributed by atoms with Gasteiger partial charge in [0.15, 0.2) is 11.6 Å². The number of rotatable bonds is 2. The van der Waals surface area contributed by atoms with Crippen molar-refractivity contribution in [3.05, 3.63) is 46.6 Å². The molecule has 102 valence electrons. The van der Waals surface area contributed by atoms with E-state index in [4.69, 9.17) is 4.74 Å². The average Bonchev–Trinajstić information content (AvgIpc) is 2.69. The van der Waals surface area contributed by atoms with Crippen molar-refractivity contribution in [3.63, 3.8) is 0 Å². The molecule has 0 fully saturated rings. The topological polar surface area (TPSA) is 35.0 Å². The molecule has 0 atom stereocenters. The minimum absolute atomic E-state index is 0.0605. The van der Waals surface area contributed by atoms with E-state index in [1.165, 1.54) is 23.7 Å². The lowest BCUT2D eigenvalue weighted by Crippen LogP contribution is -1.93. The highest BCUT2D eigenvalue weighted by Gasteiger charge is 2.15. The summed E-state index contributed by atoms with van der Waals surface area (Å²) in [5.41, 5.74) is 1.00. The Balaban J connectivity index is 2.11. The molecule has 0 aliphatic heterocycles. The van der Waals surface area contributed by atoms with E-state index in [1.807, 2.05) is 13.8 Å². The minimum Gasteiger partial charge on any atom is -0.435 e. The first-order valence-electron chi connectivity index (χ1n) is 5.90. The van der Waals surface area contributed by atoms with Gasteiger partial charge in [0.05, 0.1) is 5.39 Å². The van der Waals surface area contributed by atoms with Crippen LogP contribution in [0, 0.1) is 25.5 Å². The number of hydrogen-bond donors (Lipinski definition) is 0. The van der Waals surface area contributed by atoms with Gasteiger partial charge in [-0.3, -0.25) is 0 Å². The molecule has 0 aliphatic carbocycles. The second-order valence-electron chi connectivity index (χ2n) is 4.32. The predicted octanol–water partition coefficient (Wildman–Crippen LogP) is 4.38. The van der Waals surface area contributed by atoms with Gasteiger partial charge in [-0.25, -0.2) is 18.7 Å². The minimum atomic E-state index is -0.763. The van der Waals surface area contributed by atoms with Gasteiger partial charge < -0.3 is 4.74 Å². The molecule has 0 radical (unpaired) electrons. The lowest BCUT2D eigenvalue weighted by Gasteiger charge is -2.07. The number of nitrogens with zero attached hydrogens (tertiary/aromatic N) is 2. The molecule has 0 bridgehead atoms. The van der Waals surface area contributed by atoms with E-state index < -0.39 is 11.6 Å². The van der Waals surface area contributed by atoms with E-state index in [0.717, 1.165) is 32.8 Å². The molecular weight excluding hydrogens is 282 g/mol. The number of hydrogen-bond acceptors (Lipinski definition) is 4. The molecule has 0 N–H and O–H groups in total. The third-order valence-corrected chi connectivity index (χ3v) is 4.15. The third kappa shape index (κ3) is 2.12. The molecule has 0 saturated carbocycles. The molecule has 20 heavy (non-hydrogen) atoms. The zero-order valence-electron chi connectivity index (χ0n) is 10.8. The molecule has 3 aromatic rings. The van der Waals surface area contributed by atoms with Crippen molar-refractivity contribution in [1.82, 2.24) is 9.97 Å². The smallest absolute Gasteiger partial charge is 0.231 e. The molecule has 3 rings (SSSR count). The Labute approximate surface area is 117 Å². The average molecular weight is 292 g/mol. The van der Waals surface area contributed by atoms with Crippen molar-refractivity contribution in [3.8, 4) is 11.6 Å². The Morgan fingerprint density at radius 3 is 2.70 bits per heavy atom. The molecule has 0 spiro atoms. The van der Waals surface area contributed by atoms with Crippen molar-refractivity contribution in [2.45, 2.75) is 13.8 Å². The molecule has 1 aromatic carbocycles. The normalized spacial score (nSPS) is 11.0. The standard InChI is InChI=1S/C14H10F2N2OS/c1-7-8(2)20-14-12(7)13(17-6-18-14)19-11-4-3-9(15)5-10(11)16/h3-6H,1-2H3. The van der Waals surface area contributed by atoms with Crippen LogP contribution in [0.4, 0.5) is 8.78 Å². The fourth-order valence-electron chi connectivity index (χ4n) is 1.89. The summed E-state index contributed by atoms with van der Waals surface area (Å²) in [6, 6.07) is 3.16. The molecular formula is C14H10F2N2OS. The van der Waals surface area contributed by atoms with Crippen LogP contribution in [0.2, 0.25) is 0 Å². The molecule has 0 saturated heterocycles. The zero-order chi connectivity index (χ0) is 14.3. The quantitative estimate of drug-likeness (QED) is 0.703. The summed E-state index contributed by atoms with van der Waals surface area (Å²) < 4.78 is 32.0. The molecule has 2 heterocycles. The lowest BCUT2D eigenvalue weighted by atomic mass is 10.2. The number of aromatic nitrogens is 2. The van der Waals surface area contributed by atoms with Gasteiger partial charge >= 0.3 is 0 Å². The SMILES string of the molecule is Cc1sc2ncnc(Oc3ccc(F)cc3F)c2c1C. The predicted molar refractivity (Wildman–Crippen MR) is 73.3 cm³/mol. The largest absolute Gasteiger partial charge is 0.435 e. The number of fused-ring (bicyclic) bond motifs is 1. The van der Waals surface area contributed by atoms with Crippen LogP contribution in [0.3, 0.4) is 0 Å². The van der Waals surface area contributed by atoms with Gasteiger partial charge in [0.25, 0.3) is 0 Å². The van der Waals surface area contributed by atoms with E-state index in [-0.39, 0.29) is 11.6 Å². The monoisotopic (exact) mass is 292 g/mol. The van der Waals surface area contributed by atoms with Crippen molar-refractivity contribution < 1.29 is 13.5 Å². The second kappa shape index (κ2) is 4.79. The maximum Gasteiger partial charge on any atom is 0.231 e. The van der Waals surface area contributed by atoms with Crippen molar-refractivity contribution in [1.29, 1.82) is 0 Å². The first-order valence-corrected chi connectivity index (χ1v) is 6.71. The van der Waals surface area contributed by atoms with Crippen LogP contribution < -0.4 is 4.74 Å². The van der Waals surface area contributed by atoms with Gasteiger partial charge in [-0.15, -0.1) is 11.3 Å². The first kappa shape index (κ1) is 12.9.